The molecule has 0 aliphatic heterocycles. The molecule has 0 aliphatic carbocycles. The number of rotatable bonds is 10. The fourth-order valence-electron chi connectivity index (χ4n) is 1.58. The van der Waals surface area contributed by atoms with Gasteiger partial charge in [-0.25, -0.2) is 0 Å². The van der Waals surface area contributed by atoms with Crippen molar-refractivity contribution >= 4 is 34.9 Å². The van der Waals surface area contributed by atoms with Crippen LogP contribution < -0.4 is 11.1 Å². The summed E-state index contributed by atoms with van der Waals surface area (Å²) in [6, 6.07) is 0. The molecule has 1 atom stereocenters. The number of amides is 1. The smallest absolute Gasteiger partial charge is 0.229 e. The predicted octanol–water partition coefficient (Wildman–Crippen LogP) is 2.34. The Labute approximate surface area is 114 Å². The summed E-state index contributed by atoms with van der Waals surface area (Å²) in [6.45, 7) is 2.66. The standard InChI is InChI=1S/C12H24N2OS2/c1-3-10(11(13)16)12(15)14-8-6-4-5-7-9-17-2/h10H,3-9H2,1-2H3,(H2,13,16)(H,14,15). The third-order valence-electron chi connectivity index (χ3n) is 2.64. The number of nitrogens with two attached hydrogens (primary N) is 1. The van der Waals surface area contributed by atoms with Gasteiger partial charge in [0, 0.05) is 6.54 Å². The molecule has 17 heavy (non-hydrogen) atoms. The van der Waals surface area contributed by atoms with Crippen molar-refractivity contribution in [2.75, 3.05) is 18.6 Å². The first-order valence-corrected chi connectivity index (χ1v) is 7.99. The van der Waals surface area contributed by atoms with Crippen LogP contribution in [0.25, 0.3) is 0 Å². The van der Waals surface area contributed by atoms with E-state index in [0.717, 1.165) is 13.0 Å². The third kappa shape index (κ3) is 8.44. The van der Waals surface area contributed by atoms with Gasteiger partial charge in [0.15, 0.2) is 0 Å². The van der Waals surface area contributed by atoms with Crippen molar-refractivity contribution in [3.8, 4) is 0 Å². The second-order valence-corrected chi connectivity index (χ2v) is 5.52. The van der Waals surface area contributed by atoms with Crippen molar-refractivity contribution < 1.29 is 4.79 Å². The number of nitrogens with one attached hydrogen (secondary N) is 1. The van der Waals surface area contributed by atoms with Gasteiger partial charge in [-0.15, -0.1) is 0 Å². The van der Waals surface area contributed by atoms with Gasteiger partial charge in [0.1, 0.15) is 0 Å². The van der Waals surface area contributed by atoms with Crippen molar-refractivity contribution in [3.63, 3.8) is 0 Å². The lowest BCUT2D eigenvalue weighted by atomic mass is 10.1. The molecular formula is C12H24N2OS2. The van der Waals surface area contributed by atoms with E-state index in [1.54, 1.807) is 0 Å². The highest BCUT2D eigenvalue weighted by Gasteiger charge is 2.18. The fraction of sp³-hybridized carbons (Fsp3) is 0.833. The minimum Gasteiger partial charge on any atom is -0.393 e. The maximum absolute atomic E-state index is 11.7. The summed E-state index contributed by atoms with van der Waals surface area (Å²) >= 11 is 6.74. The van der Waals surface area contributed by atoms with Gasteiger partial charge < -0.3 is 11.1 Å². The number of carbonyl (C=O) groups excluding carboxylic acids is 1. The molecule has 0 heterocycles. The molecule has 3 N–H and O–H groups in total. The number of hydrogen-bond acceptors (Lipinski definition) is 3. The average Bonchev–Trinajstić information content (AvgIpc) is 2.28. The van der Waals surface area contributed by atoms with Crippen LogP contribution in [0.1, 0.15) is 39.0 Å². The summed E-state index contributed by atoms with van der Waals surface area (Å²) in [6.07, 6.45) is 7.51. The van der Waals surface area contributed by atoms with E-state index in [0.29, 0.717) is 11.4 Å². The van der Waals surface area contributed by atoms with Gasteiger partial charge in [0.05, 0.1) is 10.9 Å². The normalized spacial score (nSPS) is 12.1. The molecule has 0 rings (SSSR count). The Bertz CT molecular complexity index is 235. The van der Waals surface area contributed by atoms with E-state index in [-0.39, 0.29) is 11.8 Å². The van der Waals surface area contributed by atoms with Crippen LogP contribution in [0.3, 0.4) is 0 Å². The molecule has 3 nitrogen and oxygen atoms in total. The van der Waals surface area contributed by atoms with Crippen molar-refractivity contribution in [3.05, 3.63) is 0 Å². The number of carbonyl (C=O) groups is 1. The molecular weight excluding hydrogens is 252 g/mol. The van der Waals surface area contributed by atoms with Crippen molar-refractivity contribution in [1.29, 1.82) is 0 Å². The Balaban J connectivity index is 3.53. The number of thioether (sulfide) groups is 1. The Morgan fingerprint density at radius 2 is 2.00 bits per heavy atom. The first-order valence-electron chi connectivity index (χ1n) is 6.19. The van der Waals surface area contributed by atoms with E-state index < -0.39 is 0 Å². The van der Waals surface area contributed by atoms with Gasteiger partial charge in [-0.2, -0.15) is 11.8 Å². The van der Waals surface area contributed by atoms with Crippen molar-refractivity contribution in [2.45, 2.75) is 39.0 Å². The molecule has 0 aromatic rings. The molecule has 0 radical (unpaired) electrons. The van der Waals surface area contributed by atoms with Gasteiger partial charge in [0.25, 0.3) is 0 Å². The first-order chi connectivity index (χ1) is 8.13. The van der Waals surface area contributed by atoms with Crippen LogP contribution in [0.2, 0.25) is 0 Å². The summed E-state index contributed by atoms with van der Waals surface area (Å²) < 4.78 is 0. The van der Waals surface area contributed by atoms with E-state index in [2.05, 4.69) is 11.6 Å². The molecule has 0 fully saturated rings. The lowest BCUT2D eigenvalue weighted by Gasteiger charge is -2.13. The minimum absolute atomic E-state index is 0.0240. The lowest BCUT2D eigenvalue weighted by molar-refractivity contribution is -0.123. The van der Waals surface area contributed by atoms with Crippen LogP contribution in [-0.4, -0.2) is 29.4 Å². The molecule has 0 aliphatic rings. The fourth-order valence-corrected chi connectivity index (χ4v) is 2.34. The second kappa shape index (κ2) is 10.8. The van der Waals surface area contributed by atoms with Crippen LogP contribution in [0.15, 0.2) is 0 Å². The summed E-state index contributed by atoms with van der Waals surface area (Å²) in [4.78, 5) is 12.0. The molecule has 1 unspecified atom stereocenters. The van der Waals surface area contributed by atoms with Crippen LogP contribution in [0.5, 0.6) is 0 Å². The molecule has 0 aromatic carbocycles. The highest BCUT2D eigenvalue weighted by molar-refractivity contribution is 7.98. The Kier molecular flexibility index (Phi) is 10.7. The van der Waals surface area contributed by atoms with Gasteiger partial charge in [-0.1, -0.05) is 32.0 Å². The van der Waals surface area contributed by atoms with Gasteiger partial charge >= 0.3 is 0 Å². The van der Waals surface area contributed by atoms with Crippen LogP contribution in [0, 0.1) is 5.92 Å². The van der Waals surface area contributed by atoms with E-state index >= 15 is 0 Å². The van der Waals surface area contributed by atoms with Crippen molar-refractivity contribution in [1.82, 2.24) is 5.32 Å². The predicted molar refractivity (Wildman–Crippen MR) is 80.4 cm³/mol. The molecule has 0 saturated carbocycles. The van der Waals surface area contributed by atoms with Crippen LogP contribution >= 0.6 is 24.0 Å². The average molecular weight is 276 g/mol. The number of thiocarbonyl (C=S) groups is 1. The van der Waals surface area contributed by atoms with E-state index in [4.69, 9.17) is 18.0 Å². The molecule has 5 heteroatoms. The minimum atomic E-state index is -0.304. The van der Waals surface area contributed by atoms with Gasteiger partial charge in [-0.3, -0.25) is 4.79 Å². The zero-order valence-electron chi connectivity index (χ0n) is 10.8. The highest BCUT2D eigenvalue weighted by Crippen LogP contribution is 2.05. The molecule has 0 saturated heterocycles. The SMILES string of the molecule is CCC(C(=O)NCCCCCCSC)C(N)=S. The van der Waals surface area contributed by atoms with Gasteiger partial charge in [-0.05, 0) is 31.3 Å². The molecule has 0 bridgehead atoms. The van der Waals surface area contributed by atoms with Gasteiger partial charge in [0.2, 0.25) is 5.91 Å². The topological polar surface area (TPSA) is 55.1 Å². The van der Waals surface area contributed by atoms with Crippen LogP contribution in [0.4, 0.5) is 0 Å². The molecule has 0 aromatic heterocycles. The number of unbranched alkanes of at least 4 members (excludes halogenated alkanes) is 3. The first kappa shape index (κ1) is 16.7. The maximum atomic E-state index is 11.7. The monoisotopic (exact) mass is 276 g/mol. The highest BCUT2D eigenvalue weighted by atomic mass is 32.2. The van der Waals surface area contributed by atoms with E-state index in [9.17, 15) is 4.79 Å². The lowest BCUT2D eigenvalue weighted by Crippen LogP contribution is -2.37. The van der Waals surface area contributed by atoms with Crippen molar-refractivity contribution in [2.24, 2.45) is 11.7 Å². The molecule has 1 amide bonds. The Hall–Kier alpha value is -0.290. The summed E-state index contributed by atoms with van der Waals surface area (Å²) in [5.74, 6) is 0.900. The summed E-state index contributed by atoms with van der Waals surface area (Å²) in [5.41, 5.74) is 5.50. The Morgan fingerprint density at radius 3 is 2.53 bits per heavy atom. The van der Waals surface area contributed by atoms with E-state index in [1.165, 1.54) is 25.0 Å². The largest absolute Gasteiger partial charge is 0.393 e. The zero-order valence-corrected chi connectivity index (χ0v) is 12.5. The second-order valence-electron chi connectivity index (χ2n) is 4.06. The zero-order chi connectivity index (χ0) is 13.1. The molecule has 100 valence electrons. The number of hydrogen-bond donors (Lipinski definition) is 2. The quantitative estimate of drug-likeness (QED) is 0.475. The molecule has 0 spiro atoms. The Morgan fingerprint density at radius 1 is 1.35 bits per heavy atom. The van der Waals surface area contributed by atoms with E-state index in [1.807, 2.05) is 18.7 Å². The summed E-state index contributed by atoms with van der Waals surface area (Å²) in [7, 11) is 0. The maximum Gasteiger partial charge on any atom is 0.229 e. The summed E-state index contributed by atoms with van der Waals surface area (Å²) in [5, 5.41) is 2.89. The third-order valence-corrected chi connectivity index (χ3v) is 3.62. The van der Waals surface area contributed by atoms with Crippen LogP contribution in [-0.2, 0) is 4.79 Å².